The van der Waals surface area contributed by atoms with Crippen LogP contribution in [0.15, 0.2) is 59.5 Å². The van der Waals surface area contributed by atoms with Gasteiger partial charge in [-0.25, -0.2) is 13.1 Å². The molecule has 0 radical (unpaired) electrons. The van der Waals surface area contributed by atoms with E-state index in [1.54, 1.807) is 30.1 Å². The fourth-order valence-electron chi connectivity index (χ4n) is 4.30. The summed E-state index contributed by atoms with van der Waals surface area (Å²) in [4.78, 5) is 15.3. The summed E-state index contributed by atoms with van der Waals surface area (Å²) in [6.07, 6.45) is 6.92. The Kier molecular flexibility index (Phi) is 7.36. The quantitative estimate of drug-likeness (QED) is 0.358. The van der Waals surface area contributed by atoms with E-state index in [1.807, 2.05) is 35.0 Å². The molecule has 7 nitrogen and oxygen atoms in total. The van der Waals surface area contributed by atoms with Gasteiger partial charge in [-0.3, -0.25) is 4.79 Å². The van der Waals surface area contributed by atoms with Crippen molar-refractivity contribution in [2.75, 3.05) is 26.5 Å². The number of hydrogen-bond acceptors (Lipinski definition) is 5. The fraction of sp³-hybridized carbons (Fsp3) is 0.385. The van der Waals surface area contributed by atoms with Crippen molar-refractivity contribution in [1.29, 1.82) is 0 Å². The number of nitrogens with zero attached hydrogens (tertiary/aromatic N) is 3. The lowest BCUT2D eigenvalue weighted by atomic mass is 10.1. The van der Waals surface area contributed by atoms with Gasteiger partial charge in [-0.15, -0.1) is 0 Å². The highest BCUT2D eigenvalue weighted by molar-refractivity contribution is 7.90. The van der Waals surface area contributed by atoms with Gasteiger partial charge in [-0.05, 0) is 62.4 Å². The minimum atomic E-state index is -3.28. The number of fused-ring (bicyclic) bond motifs is 1. The van der Waals surface area contributed by atoms with Gasteiger partial charge >= 0.3 is 0 Å². The Morgan fingerprint density at radius 1 is 1.06 bits per heavy atom. The molecule has 3 aromatic rings. The first-order valence-corrected chi connectivity index (χ1v) is 13.6. The zero-order valence-electron chi connectivity index (χ0n) is 19.7. The average molecular weight is 482 g/mol. The van der Waals surface area contributed by atoms with Crippen LogP contribution in [0.5, 0.6) is 5.75 Å². The molecule has 0 unspecified atom stereocenters. The number of aromatic nitrogens is 2. The minimum Gasteiger partial charge on any atom is -0.493 e. The second-order valence-corrected chi connectivity index (χ2v) is 10.8. The van der Waals surface area contributed by atoms with Gasteiger partial charge in [0, 0.05) is 31.1 Å². The van der Waals surface area contributed by atoms with E-state index < -0.39 is 9.84 Å². The van der Waals surface area contributed by atoms with Gasteiger partial charge in [0.15, 0.2) is 15.5 Å². The van der Waals surface area contributed by atoms with Crippen LogP contribution in [-0.4, -0.2) is 55.5 Å². The maximum atomic E-state index is 13.3. The lowest BCUT2D eigenvalue weighted by Crippen LogP contribution is -2.29. The van der Waals surface area contributed by atoms with Crippen LogP contribution in [0.1, 0.15) is 47.4 Å². The number of carbonyl (C=O) groups excluding carboxylic acids is 1. The van der Waals surface area contributed by atoms with Gasteiger partial charge in [0.2, 0.25) is 0 Å². The monoisotopic (exact) mass is 481 g/mol. The van der Waals surface area contributed by atoms with Gasteiger partial charge in [0.05, 0.1) is 17.2 Å². The molecule has 0 spiro atoms. The smallest absolute Gasteiger partial charge is 0.274 e. The molecular formula is C26H31N3O4S. The van der Waals surface area contributed by atoms with E-state index in [1.165, 1.54) is 12.3 Å². The standard InChI is InChI=1S/C26H31N3O4S/c1-28(17-10-18-33-21-13-9-14-22(19-21)34(2,31)32)26(30)25-23-15-7-4-8-16-24(23)29(27-25)20-11-5-3-6-12-20/h3,5-6,9,11-14,19H,4,7-8,10,15-18H2,1-2H3. The normalized spacial score (nSPS) is 13.7. The number of amides is 1. The summed E-state index contributed by atoms with van der Waals surface area (Å²) < 4.78 is 31.1. The van der Waals surface area contributed by atoms with Crippen molar-refractivity contribution in [1.82, 2.24) is 14.7 Å². The van der Waals surface area contributed by atoms with Crippen molar-refractivity contribution in [2.45, 2.75) is 43.4 Å². The highest BCUT2D eigenvalue weighted by atomic mass is 32.2. The Bertz CT molecular complexity index is 1250. The summed E-state index contributed by atoms with van der Waals surface area (Å²) in [5.74, 6) is 0.427. The highest BCUT2D eigenvalue weighted by Gasteiger charge is 2.26. The first kappa shape index (κ1) is 24.0. The number of hydrogen-bond donors (Lipinski definition) is 0. The largest absolute Gasteiger partial charge is 0.493 e. The molecule has 1 amide bonds. The molecule has 34 heavy (non-hydrogen) atoms. The van der Waals surface area contributed by atoms with Gasteiger partial charge < -0.3 is 9.64 Å². The Balaban J connectivity index is 1.42. The van der Waals surface area contributed by atoms with Crippen LogP contribution >= 0.6 is 0 Å². The molecule has 1 aromatic heterocycles. The fourth-order valence-corrected chi connectivity index (χ4v) is 4.96. The van der Waals surface area contributed by atoms with E-state index in [0.717, 1.165) is 49.0 Å². The van der Waals surface area contributed by atoms with Crippen molar-refractivity contribution in [3.8, 4) is 11.4 Å². The van der Waals surface area contributed by atoms with Crippen LogP contribution in [0.4, 0.5) is 0 Å². The zero-order chi connectivity index (χ0) is 24.1. The molecule has 8 heteroatoms. The molecule has 0 bridgehead atoms. The number of sulfone groups is 1. The molecule has 0 N–H and O–H groups in total. The Morgan fingerprint density at radius 3 is 2.59 bits per heavy atom. The Hall–Kier alpha value is -3.13. The first-order chi connectivity index (χ1) is 16.3. The summed E-state index contributed by atoms with van der Waals surface area (Å²) in [7, 11) is -1.49. The summed E-state index contributed by atoms with van der Waals surface area (Å²) in [5, 5.41) is 4.77. The van der Waals surface area contributed by atoms with E-state index in [-0.39, 0.29) is 10.8 Å². The maximum Gasteiger partial charge on any atom is 0.274 e. The number of carbonyl (C=O) groups is 1. The molecule has 4 rings (SSSR count). The Morgan fingerprint density at radius 2 is 1.82 bits per heavy atom. The molecular weight excluding hydrogens is 450 g/mol. The lowest BCUT2D eigenvalue weighted by molar-refractivity contribution is 0.0780. The van der Waals surface area contributed by atoms with Crippen LogP contribution in [0.25, 0.3) is 5.69 Å². The predicted octanol–water partition coefficient (Wildman–Crippen LogP) is 4.09. The summed E-state index contributed by atoms with van der Waals surface area (Å²) in [5.41, 5.74) is 3.75. The van der Waals surface area contributed by atoms with Crippen LogP contribution in [0, 0.1) is 0 Å². The molecule has 2 aromatic carbocycles. The molecule has 1 heterocycles. The molecule has 0 aliphatic heterocycles. The molecule has 1 aliphatic carbocycles. The van der Waals surface area contributed by atoms with E-state index in [0.29, 0.717) is 31.0 Å². The highest BCUT2D eigenvalue weighted by Crippen LogP contribution is 2.27. The van der Waals surface area contributed by atoms with Crippen LogP contribution in [0.2, 0.25) is 0 Å². The van der Waals surface area contributed by atoms with E-state index >= 15 is 0 Å². The van der Waals surface area contributed by atoms with Gasteiger partial charge in [0.25, 0.3) is 5.91 Å². The third kappa shape index (κ3) is 5.50. The van der Waals surface area contributed by atoms with Crippen molar-refractivity contribution in [3.05, 3.63) is 71.5 Å². The minimum absolute atomic E-state index is 0.0769. The molecule has 180 valence electrons. The molecule has 0 saturated heterocycles. The SMILES string of the molecule is CN(CCCOc1cccc(S(C)(=O)=O)c1)C(=O)c1nn(-c2ccccc2)c2c1CCCCC2. The predicted molar refractivity (Wildman–Crippen MR) is 131 cm³/mol. The van der Waals surface area contributed by atoms with Crippen LogP contribution in [-0.2, 0) is 22.7 Å². The second-order valence-electron chi connectivity index (χ2n) is 8.76. The molecule has 0 fully saturated rings. The summed E-state index contributed by atoms with van der Waals surface area (Å²) >= 11 is 0. The average Bonchev–Trinajstić information content (AvgIpc) is 3.02. The maximum absolute atomic E-state index is 13.3. The molecule has 1 aliphatic rings. The third-order valence-corrected chi connectivity index (χ3v) is 7.23. The summed E-state index contributed by atoms with van der Waals surface area (Å²) in [6.45, 7) is 0.888. The number of para-hydroxylation sites is 1. The molecule has 0 atom stereocenters. The topological polar surface area (TPSA) is 81.5 Å². The van der Waals surface area contributed by atoms with Crippen molar-refractivity contribution in [2.24, 2.45) is 0 Å². The number of ether oxygens (including phenoxy) is 1. The van der Waals surface area contributed by atoms with Gasteiger partial charge in [-0.2, -0.15) is 5.10 Å². The second kappa shape index (κ2) is 10.4. The first-order valence-electron chi connectivity index (χ1n) is 11.7. The van der Waals surface area contributed by atoms with Crippen LogP contribution in [0.3, 0.4) is 0 Å². The third-order valence-electron chi connectivity index (χ3n) is 6.12. The van der Waals surface area contributed by atoms with Crippen LogP contribution < -0.4 is 4.74 Å². The van der Waals surface area contributed by atoms with Crippen molar-refractivity contribution in [3.63, 3.8) is 0 Å². The van der Waals surface area contributed by atoms with E-state index in [9.17, 15) is 13.2 Å². The lowest BCUT2D eigenvalue weighted by Gasteiger charge is -2.17. The number of benzene rings is 2. The van der Waals surface area contributed by atoms with Gasteiger partial charge in [0.1, 0.15) is 5.75 Å². The van der Waals surface area contributed by atoms with Crippen molar-refractivity contribution < 1.29 is 17.9 Å². The van der Waals surface area contributed by atoms with Gasteiger partial charge in [-0.1, -0.05) is 30.7 Å². The van der Waals surface area contributed by atoms with Crippen molar-refractivity contribution >= 4 is 15.7 Å². The van der Waals surface area contributed by atoms with E-state index in [4.69, 9.17) is 9.84 Å². The Labute approximate surface area is 201 Å². The summed E-state index contributed by atoms with van der Waals surface area (Å²) in [6, 6.07) is 16.5. The van der Waals surface area contributed by atoms with E-state index in [2.05, 4.69) is 0 Å². The molecule has 0 saturated carbocycles. The number of rotatable bonds is 8. The zero-order valence-corrected chi connectivity index (χ0v) is 20.6.